The van der Waals surface area contributed by atoms with E-state index >= 15 is 0 Å². The highest BCUT2D eigenvalue weighted by Gasteiger charge is 2.25. The summed E-state index contributed by atoms with van der Waals surface area (Å²) in [7, 11) is -3.46. The first-order valence-electron chi connectivity index (χ1n) is 8.86. The van der Waals surface area contributed by atoms with Gasteiger partial charge in [0.1, 0.15) is 0 Å². The van der Waals surface area contributed by atoms with Crippen molar-refractivity contribution in [1.29, 1.82) is 0 Å². The third-order valence-corrected chi connectivity index (χ3v) is 6.33. The number of nitrogens with one attached hydrogen (secondary N) is 1. The van der Waals surface area contributed by atoms with Crippen molar-refractivity contribution in [2.24, 2.45) is 0 Å². The maximum absolute atomic E-state index is 12.7. The van der Waals surface area contributed by atoms with Gasteiger partial charge < -0.3 is 5.32 Å². The van der Waals surface area contributed by atoms with Crippen molar-refractivity contribution in [3.05, 3.63) is 29.8 Å². The molecule has 0 spiro atoms. The molecule has 1 aliphatic rings. The van der Waals surface area contributed by atoms with E-state index in [0.29, 0.717) is 18.7 Å². The molecule has 0 bridgehead atoms. The number of amides is 1. The Balaban J connectivity index is 2.09. The summed E-state index contributed by atoms with van der Waals surface area (Å²) in [5.41, 5.74) is 0.493. The first-order valence-corrected chi connectivity index (χ1v) is 10.3. The highest BCUT2D eigenvalue weighted by Crippen LogP contribution is 2.20. The molecule has 0 saturated carbocycles. The van der Waals surface area contributed by atoms with Crippen molar-refractivity contribution in [2.45, 2.75) is 63.3 Å². The van der Waals surface area contributed by atoms with Crippen LogP contribution in [0.15, 0.2) is 29.2 Å². The fourth-order valence-corrected chi connectivity index (χ4v) is 4.54. The van der Waals surface area contributed by atoms with E-state index in [2.05, 4.69) is 12.2 Å². The zero-order valence-corrected chi connectivity index (χ0v) is 15.4. The van der Waals surface area contributed by atoms with Crippen LogP contribution in [-0.2, 0) is 10.0 Å². The predicted octanol–water partition coefficient (Wildman–Crippen LogP) is 3.17. The highest BCUT2D eigenvalue weighted by atomic mass is 32.2. The van der Waals surface area contributed by atoms with Gasteiger partial charge in [-0.15, -0.1) is 0 Å². The maximum atomic E-state index is 12.7. The Morgan fingerprint density at radius 2 is 1.71 bits per heavy atom. The van der Waals surface area contributed by atoms with Gasteiger partial charge in [0.2, 0.25) is 10.0 Å². The Bertz CT molecular complexity index is 633. The molecule has 0 radical (unpaired) electrons. The zero-order chi connectivity index (χ0) is 17.6. The largest absolute Gasteiger partial charge is 0.350 e. The molecule has 2 rings (SSSR count). The van der Waals surface area contributed by atoms with Gasteiger partial charge in [-0.2, -0.15) is 4.31 Å². The van der Waals surface area contributed by atoms with Crippen LogP contribution in [-0.4, -0.2) is 37.8 Å². The van der Waals surface area contributed by atoms with Gasteiger partial charge in [0.15, 0.2) is 0 Å². The first kappa shape index (κ1) is 18.9. The second kappa shape index (κ2) is 8.62. The lowest BCUT2D eigenvalue weighted by atomic mass is 10.1. The molecule has 1 N–H and O–H groups in total. The SMILES string of the molecule is CCC[C@H](C)NC(=O)c1ccc(S(=O)(=O)N2CCCCCC2)cc1. The molecule has 1 heterocycles. The third-order valence-electron chi connectivity index (χ3n) is 4.42. The molecule has 0 aliphatic carbocycles. The van der Waals surface area contributed by atoms with Crippen LogP contribution in [0.25, 0.3) is 0 Å². The van der Waals surface area contributed by atoms with Gasteiger partial charge >= 0.3 is 0 Å². The van der Waals surface area contributed by atoms with Crippen molar-refractivity contribution in [3.8, 4) is 0 Å². The third kappa shape index (κ3) is 4.80. The normalized spacial score (nSPS) is 17.9. The molecule has 1 atom stereocenters. The lowest BCUT2D eigenvalue weighted by Gasteiger charge is -2.20. The minimum absolute atomic E-state index is 0.114. The van der Waals surface area contributed by atoms with E-state index in [1.54, 1.807) is 28.6 Å². The second-order valence-electron chi connectivity index (χ2n) is 6.51. The standard InChI is InChI=1S/C18H28N2O3S/c1-3-8-15(2)19-18(21)16-9-11-17(12-10-16)24(22,23)20-13-6-4-5-7-14-20/h9-12,15H,3-8,13-14H2,1-2H3,(H,19,21)/t15-/m0/s1. The molecular formula is C18H28N2O3S. The topological polar surface area (TPSA) is 66.5 Å². The summed E-state index contributed by atoms with van der Waals surface area (Å²) < 4.78 is 27.0. The Labute approximate surface area is 145 Å². The van der Waals surface area contributed by atoms with Crippen LogP contribution >= 0.6 is 0 Å². The van der Waals surface area contributed by atoms with Gasteiger partial charge in [0.05, 0.1) is 4.90 Å². The monoisotopic (exact) mass is 352 g/mol. The molecule has 1 fully saturated rings. The smallest absolute Gasteiger partial charge is 0.251 e. The number of hydrogen-bond acceptors (Lipinski definition) is 3. The van der Waals surface area contributed by atoms with E-state index < -0.39 is 10.0 Å². The van der Waals surface area contributed by atoms with E-state index in [1.165, 1.54) is 0 Å². The van der Waals surface area contributed by atoms with Crippen molar-refractivity contribution in [3.63, 3.8) is 0 Å². The lowest BCUT2D eigenvalue weighted by molar-refractivity contribution is 0.0938. The summed E-state index contributed by atoms with van der Waals surface area (Å²) in [6, 6.07) is 6.39. The molecule has 1 aromatic rings. The molecule has 5 nitrogen and oxygen atoms in total. The van der Waals surface area contributed by atoms with Crippen LogP contribution in [0, 0.1) is 0 Å². The van der Waals surface area contributed by atoms with E-state index in [0.717, 1.165) is 38.5 Å². The number of carbonyl (C=O) groups is 1. The van der Waals surface area contributed by atoms with Gasteiger partial charge in [-0.3, -0.25) is 4.79 Å². The van der Waals surface area contributed by atoms with Crippen LogP contribution in [0.4, 0.5) is 0 Å². The number of sulfonamides is 1. The predicted molar refractivity (Wildman–Crippen MR) is 95.5 cm³/mol. The molecule has 1 aromatic carbocycles. The molecular weight excluding hydrogens is 324 g/mol. The highest BCUT2D eigenvalue weighted by molar-refractivity contribution is 7.89. The van der Waals surface area contributed by atoms with Crippen LogP contribution in [0.3, 0.4) is 0 Å². The Hall–Kier alpha value is -1.40. The molecule has 1 amide bonds. The van der Waals surface area contributed by atoms with Gasteiger partial charge in [0, 0.05) is 24.7 Å². The number of benzene rings is 1. The Morgan fingerprint density at radius 3 is 2.25 bits per heavy atom. The molecule has 134 valence electrons. The fourth-order valence-electron chi connectivity index (χ4n) is 3.02. The van der Waals surface area contributed by atoms with Crippen molar-refractivity contribution in [1.82, 2.24) is 9.62 Å². The Kier molecular flexibility index (Phi) is 6.80. The van der Waals surface area contributed by atoms with E-state index in [9.17, 15) is 13.2 Å². The summed E-state index contributed by atoms with van der Waals surface area (Å²) in [5, 5.41) is 2.93. The van der Waals surface area contributed by atoms with Gasteiger partial charge in [-0.25, -0.2) is 8.42 Å². The number of rotatable bonds is 6. The second-order valence-corrected chi connectivity index (χ2v) is 8.44. The molecule has 1 aliphatic heterocycles. The molecule has 6 heteroatoms. The minimum atomic E-state index is -3.46. The molecule has 1 saturated heterocycles. The Morgan fingerprint density at radius 1 is 1.12 bits per heavy atom. The van der Waals surface area contributed by atoms with E-state index in [4.69, 9.17) is 0 Å². The summed E-state index contributed by atoms with van der Waals surface area (Å²) in [5.74, 6) is -0.158. The van der Waals surface area contributed by atoms with Crippen LogP contribution in [0.5, 0.6) is 0 Å². The van der Waals surface area contributed by atoms with Crippen molar-refractivity contribution >= 4 is 15.9 Å². The van der Waals surface area contributed by atoms with Gasteiger partial charge in [-0.05, 0) is 50.5 Å². The number of nitrogens with zero attached hydrogens (tertiary/aromatic N) is 1. The number of carbonyl (C=O) groups excluding carboxylic acids is 1. The van der Waals surface area contributed by atoms with E-state index in [1.807, 2.05) is 6.92 Å². The lowest BCUT2D eigenvalue weighted by Crippen LogP contribution is -2.33. The van der Waals surface area contributed by atoms with Crippen molar-refractivity contribution in [2.75, 3.05) is 13.1 Å². The summed E-state index contributed by atoms with van der Waals surface area (Å²) >= 11 is 0. The summed E-state index contributed by atoms with van der Waals surface area (Å²) in [4.78, 5) is 12.4. The fraction of sp³-hybridized carbons (Fsp3) is 0.611. The first-order chi connectivity index (χ1) is 11.4. The average molecular weight is 353 g/mol. The summed E-state index contributed by atoms with van der Waals surface area (Å²) in [6.07, 6.45) is 5.92. The van der Waals surface area contributed by atoms with Crippen LogP contribution < -0.4 is 5.32 Å². The minimum Gasteiger partial charge on any atom is -0.350 e. The van der Waals surface area contributed by atoms with Crippen molar-refractivity contribution < 1.29 is 13.2 Å². The molecule has 24 heavy (non-hydrogen) atoms. The van der Waals surface area contributed by atoms with Gasteiger partial charge in [0.25, 0.3) is 5.91 Å². The molecule has 0 aromatic heterocycles. The van der Waals surface area contributed by atoms with Crippen LogP contribution in [0.2, 0.25) is 0 Å². The molecule has 0 unspecified atom stereocenters. The van der Waals surface area contributed by atoms with Crippen LogP contribution in [0.1, 0.15) is 62.7 Å². The maximum Gasteiger partial charge on any atom is 0.251 e. The zero-order valence-electron chi connectivity index (χ0n) is 14.6. The van der Waals surface area contributed by atoms with E-state index in [-0.39, 0.29) is 16.8 Å². The summed E-state index contributed by atoms with van der Waals surface area (Å²) in [6.45, 7) is 5.21. The van der Waals surface area contributed by atoms with Gasteiger partial charge in [-0.1, -0.05) is 26.2 Å². The average Bonchev–Trinajstić information content (AvgIpc) is 2.85. The quantitative estimate of drug-likeness (QED) is 0.855. The number of hydrogen-bond donors (Lipinski definition) is 1.